The summed E-state index contributed by atoms with van der Waals surface area (Å²) < 4.78 is 10.8. The number of ether oxygens (including phenoxy) is 2. The number of amides is 1. The first-order valence-electron chi connectivity index (χ1n) is 10.2. The van der Waals surface area contributed by atoms with Gasteiger partial charge in [-0.1, -0.05) is 12.1 Å². The Hall–Kier alpha value is -2.37. The lowest BCUT2D eigenvalue weighted by Crippen LogP contribution is -2.33. The fraction of sp³-hybridized carbons (Fsp3) is 0.591. The second-order valence-corrected chi connectivity index (χ2v) is 7.60. The van der Waals surface area contributed by atoms with Crippen LogP contribution in [-0.4, -0.2) is 42.3 Å². The van der Waals surface area contributed by atoms with Crippen molar-refractivity contribution >= 4 is 17.7 Å². The molecule has 1 saturated heterocycles. The van der Waals surface area contributed by atoms with Crippen molar-refractivity contribution in [2.75, 3.05) is 19.8 Å². The Kier molecular flexibility index (Phi) is 6.70. The molecular weight excluding hydrogens is 358 g/mol. The number of carbonyl (C=O) groups excluding carboxylic acids is 3. The quantitative estimate of drug-likeness (QED) is 0.608. The van der Waals surface area contributed by atoms with Crippen LogP contribution in [0.15, 0.2) is 18.2 Å². The lowest BCUT2D eigenvalue weighted by molar-refractivity contribution is -0.145. The molecule has 1 fully saturated rings. The van der Waals surface area contributed by atoms with Gasteiger partial charge in [-0.05, 0) is 50.3 Å². The summed E-state index contributed by atoms with van der Waals surface area (Å²) in [6.07, 6.45) is 3.75. The number of benzene rings is 1. The van der Waals surface area contributed by atoms with E-state index in [1.807, 2.05) is 23.1 Å². The highest BCUT2D eigenvalue weighted by molar-refractivity contribution is 5.82. The second kappa shape index (κ2) is 9.22. The van der Waals surface area contributed by atoms with Crippen LogP contribution >= 0.6 is 0 Å². The minimum atomic E-state index is -0.348. The fourth-order valence-corrected chi connectivity index (χ4v) is 4.11. The Bertz CT molecular complexity index is 744. The molecule has 0 aliphatic carbocycles. The largest absolute Gasteiger partial charge is 0.493 e. The summed E-state index contributed by atoms with van der Waals surface area (Å²) >= 11 is 0. The van der Waals surface area contributed by atoms with Crippen molar-refractivity contribution in [1.29, 1.82) is 0 Å². The average molecular weight is 387 g/mol. The maximum absolute atomic E-state index is 13.0. The molecule has 2 aliphatic heterocycles. The van der Waals surface area contributed by atoms with Gasteiger partial charge in [-0.2, -0.15) is 0 Å². The highest BCUT2D eigenvalue weighted by atomic mass is 16.5. The third kappa shape index (κ3) is 4.72. The van der Waals surface area contributed by atoms with Gasteiger partial charge in [-0.15, -0.1) is 0 Å². The summed E-state index contributed by atoms with van der Waals surface area (Å²) in [6.45, 7) is 4.96. The summed E-state index contributed by atoms with van der Waals surface area (Å²) in [5.41, 5.74) is 2.07. The van der Waals surface area contributed by atoms with E-state index in [-0.39, 0.29) is 36.0 Å². The van der Waals surface area contributed by atoms with Crippen molar-refractivity contribution in [3.05, 3.63) is 29.3 Å². The van der Waals surface area contributed by atoms with Crippen LogP contribution in [0.4, 0.5) is 0 Å². The van der Waals surface area contributed by atoms with Gasteiger partial charge in [0.05, 0.1) is 25.7 Å². The van der Waals surface area contributed by atoms with Crippen LogP contribution < -0.4 is 4.74 Å². The number of ketones is 1. The third-order valence-corrected chi connectivity index (χ3v) is 5.58. The zero-order chi connectivity index (χ0) is 20.1. The predicted octanol–water partition coefficient (Wildman–Crippen LogP) is 3.22. The van der Waals surface area contributed by atoms with Gasteiger partial charge in [0.15, 0.2) is 0 Å². The third-order valence-electron chi connectivity index (χ3n) is 5.58. The van der Waals surface area contributed by atoms with E-state index in [2.05, 4.69) is 0 Å². The van der Waals surface area contributed by atoms with Crippen molar-refractivity contribution in [2.45, 2.75) is 58.4 Å². The minimum absolute atomic E-state index is 0.0688. The number of carbonyl (C=O) groups is 3. The van der Waals surface area contributed by atoms with Crippen molar-refractivity contribution in [3.8, 4) is 5.75 Å². The summed E-state index contributed by atoms with van der Waals surface area (Å²) in [5.74, 6) is 0.687. The number of hydrogen-bond donors (Lipinski definition) is 0. The van der Waals surface area contributed by atoms with Gasteiger partial charge < -0.3 is 19.2 Å². The zero-order valence-corrected chi connectivity index (χ0v) is 16.7. The van der Waals surface area contributed by atoms with E-state index in [4.69, 9.17) is 9.47 Å². The first-order valence-corrected chi connectivity index (χ1v) is 10.2. The van der Waals surface area contributed by atoms with Gasteiger partial charge in [-0.3, -0.25) is 9.59 Å². The van der Waals surface area contributed by atoms with E-state index in [0.717, 1.165) is 36.1 Å². The maximum Gasteiger partial charge on any atom is 0.308 e. The number of Topliss-reactive ketones (excluding diaryl/α,β-unsaturated/α-hetero) is 1. The molecule has 6 heteroatoms. The molecule has 0 radical (unpaired) electrons. The van der Waals surface area contributed by atoms with E-state index >= 15 is 0 Å². The van der Waals surface area contributed by atoms with Crippen molar-refractivity contribution in [3.63, 3.8) is 0 Å². The molecule has 2 heterocycles. The molecule has 1 unspecified atom stereocenters. The molecule has 0 aromatic heterocycles. The summed E-state index contributed by atoms with van der Waals surface area (Å²) in [6, 6.07) is 5.63. The minimum Gasteiger partial charge on any atom is -0.493 e. The molecule has 2 atom stereocenters. The summed E-state index contributed by atoms with van der Waals surface area (Å²) in [7, 11) is 0. The molecule has 0 N–H and O–H groups in total. The molecule has 6 nitrogen and oxygen atoms in total. The highest BCUT2D eigenvalue weighted by Crippen LogP contribution is 2.36. The van der Waals surface area contributed by atoms with Gasteiger partial charge >= 0.3 is 5.97 Å². The molecule has 3 rings (SSSR count). The number of hydrogen-bond acceptors (Lipinski definition) is 5. The lowest BCUT2D eigenvalue weighted by atomic mass is 9.98. The Labute approximate surface area is 166 Å². The monoisotopic (exact) mass is 387 g/mol. The molecule has 152 valence electrons. The normalized spacial score (nSPS) is 19.3. The SMILES string of the molecule is CCOC(=O)C[C@@H](c1ccc2c(c1)OCC2)N1CCC(CCCC(C)=O)C1=O. The van der Waals surface area contributed by atoms with E-state index in [1.54, 1.807) is 13.8 Å². The van der Waals surface area contributed by atoms with Gasteiger partial charge in [0.2, 0.25) is 5.91 Å². The van der Waals surface area contributed by atoms with E-state index < -0.39 is 0 Å². The molecule has 0 bridgehead atoms. The van der Waals surface area contributed by atoms with Crippen molar-refractivity contribution in [1.82, 2.24) is 4.90 Å². The lowest BCUT2D eigenvalue weighted by Gasteiger charge is -2.28. The Morgan fingerprint density at radius 1 is 1.36 bits per heavy atom. The van der Waals surface area contributed by atoms with Gasteiger partial charge in [0.1, 0.15) is 11.5 Å². The molecule has 0 spiro atoms. The molecular formula is C22H29NO5. The Balaban J connectivity index is 1.76. The Morgan fingerprint density at radius 2 is 2.18 bits per heavy atom. The molecule has 1 aromatic carbocycles. The van der Waals surface area contributed by atoms with E-state index in [0.29, 0.717) is 32.6 Å². The van der Waals surface area contributed by atoms with Gasteiger partial charge in [-0.25, -0.2) is 0 Å². The average Bonchev–Trinajstić information content (AvgIpc) is 3.26. The van der Waals surface area contributed by atoms with Crippen LogP contribution in [0.2, 0.25) is 0 Å². The number of fused-ring (bicyclic) bond motifs is 1. The second-order valence-electron chi connectivity index (χ2n) is 7.60. The van der Waals surface area contributed by atoms with Crippen LogP contribution in [0.3, 0.4) is 0 Å². The van der Waals surface area contributed by atoms with Crippen LogP contribution in [0.1, 0.15) is 63.1 Å². The van der Waals surface area contributed by atoms with Gasteiger partial charge in [0.25, 0.3) is 0 Å². The number of nitrogens with zero attached hydrogens (tertiary/aromatic N) is 1. The van der Waals surface area contributed by atoms with Crippen LogP contribution in [-0.2, 0) is 25.5 Å². The van der Waals surface area contributed by atoms with Crippen LogP contribution in [0, 0.1) is 5.92 Å². The predicted molar refractivity (Wildman–Crippen MR) is 104 cm³/mol. The van der Waals surface area contributed by atoms with Crippen LogP contribution in [0.5, 0.6) is 5.75 Å². The standard InChI is InChI=1S/C22H29NO5/c1-3-27-21(25)14-19(18-8-7-16-10-12-28-20(16)13-18)23-11-9-17(22(23)26)6-4-5-15(2)24/h7-8,13,17,19H,3-6,9-12,14H2,1-2H3/t17?,19-/m0/s1. The Morgan fingerprint density at radius 3 is 2.93 bits per heavy atom. The van der Waals surface area contributed by atoms with Crippen molar-refractivity contribution < 1.29 is 23.9 Å². The topological polar surface area (TPSA) is 72.9 Å². The molecule has 0 saturated carbocycles. The number of rotatable bonds is 9. The smallest absolute Gasteiger partial charge is 0.308 e. The molecule has 2 aliphatic rings. The molecule has 1 amide bonds. The highest BCUT2D eigenvalue weighted by Gasteiger charge is 2.37. The zero-order valence-electron chi connectivity index (χ0n) is 16.7. The fourth-order valence-electron chi connectivity index (χ4n) is 4.11. The first-order chi connectivity index (χ1) is 13.5. The number of likely N-dealkylation sites (tertiary alicyclic amines) is 1. The van der Waals surface area contributed by atoms with Crippen molar-refractivity contribution in [2.24, 2.45) is 5.92 Å². The first kappa shape index (κ1) is 20.4. The van der Waals surface area contributed by atoms with E-state index in [1.165, 1.54) is 0 Å². The van der Waals surface area contributed by atoms with Gasteiger partial charge in [0, 0.05) is 25.3 Å². The molecule has 1 aromatic rings. The summed E-state index contributed by atoms with van der Waals surface area (Å²) in [5, 5.41) is 0. The summed E-state index contributed by atoms with van der Waals surface area (Å²) in [4.78, 5) is 38.2. The maximum atomic E-state index is 13.0. The number of esters is 1. The molecule has 28 heavy (non-hydrogen) atoms. The van der Waals surface area contributed by atoms with E-state index in [9.17, 15) is 14.4 Å². The van der Waals surface area contributed by atoms with Crippen LogP contribution in [0.25, 0.3) is 0 Å².